The molecule has 0 saturated carbocycles. The predicted molar refractivity (Wildman–Crippen MR) is 134 cm³/mol. The summed E-state index contributed by atoms with van der Waals surface area (Å²) >= 11 is 6.70. The molecule has 4 nitrogen and oxygen atoms in total. The van der Waals surface area contributed by atoms with Crippen molar-refractivity contribution in [3.63, 3.8) is 0 Å². The van der Waals surface area contributed by atoms with Crippen LogP contribution in [0.2, 0.25) is 5.02 Å². The van der Waals surface area contributed by atoms with Gasteiger partial charge in [-0.3, -0.25) is 19.3 Å². The number of carbonyl (C=O) groups is 3. The first-order chi connectivity index (χ1) is 17.0. The third kappa shape index (κ3) is 2.13. The minimum Gasteiger partial charge on any atom is -0.293 e. The number of fused-ring (bicyclic) bond motifs is 3. The number of Topliss-reactive ketones (excluding diaryl/α,β-unsaturated/α-hetero) is 3. The van der Waals surface area contributed by atoms with E-state index in [-0.39, 0.29) is 17.3 Å². The monoisotopic (exact) mass is 477 g/mol. The largest absolute Gasteiger partial charge is 0.293 e. The first-order valence-corrected chi connectivity index (χ1v) is 12.0. The van der Waals surface area contributed by atoms with E-state index in [0.717, 1.165) is 16.3 Å². The molecule has 0 N–H and O–H groups in total. The van der Waals surface area contributed by atoms with Gasteiger partial charge in [0.05, 0.1) is 0 Å². The maximum absolute atomic E-state index is 14.6. The fraction of sp³-hybridized carbons (Fsp3) is 0.167. The van der Waals surface area contributed by atoms with E-state index in [0.29, 0.717) is 33.8 Å². The first-order valence-electron chi connectivity index (χ1n) is 11.7. The van der Waals surface area contributed by atoms with Gasteiger partial charge >= 0.3 is 0 Å². The zero-order chi connectivity index (χ0) is 24.1. The number of benzene rings is 4. The number of likely N-dealkylation sites (tertiary alicyclic amines) is 1. The Kier molecular flexibility index (Phi) is 4.00. The van der Waals surface area contributed by atoms with Crippen LogP contribution in [0.4, 0.5) is 0 Å². The van der Waals surface area contributed by atoms with Gasteiger partial charge in [0.25, 0.3) is 0 Å². The van der Waals surface area contributed by atoms with Crippen LogP contribution < -0.4 is 0 Å². The fourth-order valence-electron chi connectivity index (χ4n) is 7.16. The molecule has 35 heavy (non-hydrogen) atoms. The van der Waals surface area contributed by atoms with Crippen molar-refractivity contribution in [1.82, 2.24) is 4.90 Å². The Hall–Kier alpha value is -3.60. The van der Waals surface area contributed by atoms with Crippen molar-refractivity contribution >= 4 is 39.7 Å². The van der Waals surface area contributed by atoms with E-state index in [9.17, 15) is 14.4 Å². The molecule has 2 spiro atoms. The number of hydrogen-bond donors (Lipinski definition) is 0. The summed E-state index contributed by atoms with van der Waals surface area (Å²) in [6.45, 7) is 0.339. The van der Waals surface area contributed by atoms with Gasteiger partial charge in [-0.25, -0.2) is 0 Å². The van der Waals surface area contributed by atoms with Crippen molar-refractivity contribution in [2.24, 2.45) is 5.41 Å². The second-order valence-electron chi connectivity index (χ2n) is 9.72. The highest BCUT2D eigenvalue weighted by atomic mass is 35.5. The van der Waals surface area contributed by atoms with Crippen LogP contribution in [-0.4, -0.2) is 35.8 Å². The van der Waals surface area contributed by atoms with Gasteiger partial charge in [-0.05, 0) is 35.0 Å². The summed E-state index contributed by atoms with van der Waals surface area (Å²) in [6, 6.07) is 25.7. The van der Waals surface area contributed by atoms with Gasteiger partial charge < -0.3 is 0 Å². The van der Waals surface area contributed by atoms with Gasteiger partial charge in [0, 0.05) is 34.2 Å². The molecule has 1 aliphatic heterocycles. The molecule has 0 radical (unpaired) electrons. The van der Waals surface area contributed by atoms with Gasteiger partial charge in [-0.2, -0.15) is 0 Å². The Labute approximate surface area is 207 Å². The number of likely N-dealkylation sites (N-methyl/N-ethyl adjacent to an activating group) is 1. The molecule has 3 aliphatic rings. The molecule has 4 aromatic rings. The van der Waals surface area contributed by atoms with E-state index >= 15 is 0 Å². The molecule has 1 saturated heterocycles. The van der Waals surface area contributed by atoms with Crippen LogP contribution in [0.25, 0.3) is 10.8 Å². The Morgan fingerprint density at radius 3 is 2.03 bits per heavy atom. The normalized spacial score (nSPS) is 24.3. The van der Waals surface area contributed by atoms with Crippen molar-refractivity contribution < 1.29 is 14.4 Å². The molecule has 0 amide bonds. The Bertz CT molecular complexity index is 1600. The van der Waals surface area contributed by atoms with Gasteiger partial charge in [0.1, 0.15) is 11.0 Å². The highest BCUT2D eigenvalue weighted by Crippen LogP contribution is 2.67. The molecular weight excluding hydrogens is 458 g/mol. The zero-order valence-corrected chi connectivity index (χ0v) is 19.7. The third-order valence-corrected chi connectivity index (χ3v) is 8.75. The average molecular weight is 478 g/mol. The lowest BCUT2D eigenvalue weighted by Gasteiger charge is -2.43. The molecule has 1 heterocycles. The Balaban J connectivity index is 1.65. The van der Waals surface area contributed by atoms with Crippen LogP contribution >= 0.6 is 11.6 Å². The molecule has 1 fully saturated rings. The maximum Gasteiger partial charge on any atom is 0.189 e. The van der Waals surface area contributed by atoms with Crippen LogP contribution in [0.15, 0.2) is 84.9 Å². The van der Waals surface area contributed by atoms with Gasteiger partial charge in [0.15, 0.2) is 17.3 Å². The van der Waals surface area contributed by atoms with Crippen molar-refractivity contribution in [2.45, 2.75) is 11.5 Å². The highest BCUT2D eigenvalue weighted by molar-refractivity contribution is 6.37. The summed E-state index contributed by atoms with van der Waals surface area (Å²) in [7, 11) is 1.85. The Morgan fingerprint density at radius 2 is 1.34 bits per heavy atom. The number of carbonyl (C=O) groups excluding carboxylic acids is 3. The Morgan fingerprint density at radius 1 is 0.743 bits per heavy atom. The summed E-state index contributed by atoms with van der Waals surface area (Å²) in [5.74, 6) is -1.39. The van der Waals surface area contributed by atoms with Crippen molar-refractivity contribution in [2.75, 3.05) is 13.6 Å². The number of ketones is 3. The number of hydrogen-bond acceptors (Lipinski definition) is 4. The van der Waals surface area contributed by atoms with E-state index in [1.54, 1.807) is 30.3 Å². The topological polar surface area (TPSA) is 54.5 Å². The molecule has 2 aliphatic carbocycles. The lowest BCUT2D eigenvalue weighted by molar-refractivity contribution is 0.0320. The average Bonchev–Trinajstić information content (AvgIpc) is 3.39. The standard InChI is InChI=1S/C30H20ClNO3/c1-32-16-23(20-12-4-5-15-24(20)31)29(26(33)18-10-2-3-11-19(18)27(29)34)30(32)22-14-7-9-17-8-6-13-21(25(17)22)28(30)35/h2-15,23H,16H2,1H3/t23-,30-/m0/s1. The van der Waals surface area contributed by atoms with Crippen LogP contribution in [-0.2, 0) is 5.54 Å². The minimum atomic E-state index is -1.67. The lowest BCUT2D eigenvalue weighted by atomic mass is 9.57. The van der Waals surface area contributed by atoms with E-state index < -0.39 is 16.9 Å². The summed E-state index contributed by atoms with van der Waals surface area (Å²) in [5, 5.41) is 2.23. The molecule has 2 atom stereocenters. The lowest BCUT2D eigenvalue weighted by Crippen LogP contribution is -2.59. The van der Waals surface area contributed by atoms with Gasteiger partial charge in [-0.15, -0.1) is 0 Å². The summed E-state index contributed by atoms with van der Waals surface area (Å²) < 4.78 is 0. The van der Waals surface area contributed by atoms with Crippen molar-refractivity contribution in [3.05, 3.63) is 118 Å². The predicted octanol–water partition coefficient (Wildman–Crippen LogP) is 5.68. The molecule has 0 bridgehead atoms. The van der Waals surface area contributed by atoms with E-state index in [1.165, 1.54) is 0 Å². The van der Waals surface area contributed by atoms with Gasteiger partial charge in [-0.1, -0.05) is 90.5 Å². The van der Waals surface area contributed by atoms with Crippen LogP contribution in [0.5, 0.6) is 0 Å². The van der Waals surface area contributed by atoms with Crippen LogP contribution in [0.3, 0.4) is 0 Å². The van der Waals surface area contributed by atoms with E-state index in [4.69, 9.17) is 11.6 Å². The van der Waals surface area contributed by atoms with E-state index in [1.807, 2.05) is 66.5 Å². The molecule has 170 valence electrons. The second-order valence-corrected chi connectivity index (χ2v) is 10.1. The second kappa shape index (κ2) is 6.75. The summed E-state index contributed by atoms with van der Waals surface area (Å²) in [4.78, 5) is 45.7. The quantitative estimate of drug-likeness (QED) is 0.331. The molecule has 5 heteroatoms. The van der Waals surface area contributed by atoms with Crippen molar-refractivity contribution in [1.29, 1.82) is 0 Å². The number of rotatable bonds is 1. The molecule has 7 rings (SSSR count). The summed E-state index contributed by atoms with van der Waals surface area (Å²) in [6.07, 6.45) is 0. The molecule has 0 aromatic heterocycles. The molecule has 4 aromatic carbocycles. The first kappa shape index (κ1) is 20.7. The number of nitrogens with zero attached hydrogens (tertiary/aromatic N) is 1. The smallest absolute Gasteiger partial charge is 0.189 e. The van der Waals surface area contributed by atoms with Crippen LogP contribution in [0.1, 0.15) is 48.1 Å². The zero-order valence-electron chi connectivity index (χ0n) is 18.9. The van der Waals surface area contributed by atoms with Gasteiger partial charge in [0.2, 0.25) is 0 Å². The third-order valence-electron chi connectivity index (χ3n) is 8.40. The van der Waals surface area contributed by atoms with Crippen molar-refractivity contribution in [3.8, 4) is 0 Å². The van der Waals surface area contributed by atoms with Crippen LogP contribution in [0, 0.1) is 5.41 Å². The fourth-order valence-corrected chi connectivity index (χ4v) is 7.43. The highest BCUT2D eigenvalue weighted by Gasteiger charge is 2.78. The SMILES string of the molecule is CN1C[C@@H](c2ccccc2Cl)C2(C(=O)c3ccccc3C2=O)[C@]12C(=O)c1cccc3cccc2c13. The minimum absolute atomic E-state index is 0.198. The summed E-state index contributed by atoms with van der Waals surface area (Å²) in [5.41, 5.74) is -0.389. The number of halogens is 1. The molecule has 0 unspecified atom stereocenters. The van der Waals surface area contributed by atoms with E-state index in [2.05, 4.69) is 0 Å². The maximum atomic E-state index is 14.6. The molecular formula is C30H20ClNO3.